The van der Waals surface area contributed by atoms with Crippen molar-refractivity contribution < 1.29 is 13.9 Å². The molecule has 0 aliphatic heterocycles. The van der Waals surface area contributed by atoms with Gasteiger partial charge in [-0.2, -0.15) is 0 Å². The molecule has 0 radical (unpaired) electrons. The number of ether oxygens (including phenoxy) is 1. The van der Waals surface area contributed by atoms with Crippen LogP contribution in [0, 0.1) is 5.82 Å². The first-order valence-corrected chi connectivity index (χ1v) is 7.74. The lowest BCUT2D eigenvalue weighted by atomic mass is 9.86. The summed E-state index contributed by atoms with van der Waals surface area (Å²) in [7, 11) is 0. The van der Waals surface area contributed by atoms with Crippen LogP contribution in [0.4, 0.5) is 9.18 Å². The van der Waals surface area contributed by atoms with E-state index in [4.69, 9.17) is 4.74 Å². The molecule has 0 saturated heterocycles. The number of halogens is 1. The second kappa shape index (κ2) is 6.65. The van der Waals surface area contributed by atoms with E-state index in [1.807, 2.05) is 33.8 Å². The summed E-state index contributed by atoms with van der Waals surface area (Å²) in [4.78, 5) is 11.7. The van der Waals surface area contributed by atoms with Crippen LogP contribution >= 0.6 is 0 Å². The number of hydrogen-bond acceptors (Lipinski definition) is 3. The summed E-state index contributed by atoms with van der Waals surface area (Å²) < 4.78 is 18.4. The van der Waals surface area contributed by atoms with E-state index in [1.54, 1.807) is 12.1 Å². The Morgan fingerprint density at radius 2 is 2.00 bits per heavy atom. The highest BCUT2D eigenvalue weighted by Crippen LogP contribution is 2.24. The molecule has 4 nitrogen and oxygen atoms in total. The van der Waals surface area contributed by atoms with E-state index in [0.717, 1.165) is 18.4 Å². The van der Waals surface area contributed by atoms with Crippen molar-refractivity contribution in [2.24, 2.45) is 0 Å². The molecule has 0 unspecified atom stereocenters. The van der Waals surface area contributed by atoms with Gasteiger partial charge < -0.3 is 15.4 Å². The maximum Gasteiger partial charge on any atom is 0.407 e. The van der Waals surface area contributed by atoms with Gasteiger partial charge in [0.25, 0.3) is 0 Å². The Labute approximate surface area is 131 Å². The fraction of sp³-hybridized carbons (Fsp3) is 0.588. The lowest BCUT2D eigenvalue weighted by Gasteiger charge is -2.38. The maximum atomic E-state index is 13.2. The van der Waals surface area contributed by atoms with Gasteiger partial charge >= 0.3 is 6.09 Å². The molecule has 2 N–H and O–H groups in total. The Bertz CT molecular complexity index is 522. The van der Waals surface area contributed by atoms with Crippen molar-refractivity contribution in [1.82, 2.24) is 10.6 Å². The molecule has 0 bridgehead atoms. The Balaban J connectivity index is 1.72. The SMILES string of the molecule is C[C@H](NC1CC(NC(=O)OC(C)(C)C)C1)c1cccc(F)c1. The van der Waals surface area contributed by atoms with Crippen molar-refractivity contribution in [3.05, 3.63) is 35.6 Å². The number of carbonyl (C=O) groups excluding carboxylic acids is 1. The summed E-state index contributed by atoms with van der Waals surface area (Å²) in [6.45, 7) is 7.55. The molecule has 1 aliphatic carbocycles. The third-order valence-electron chi connectivity index (χ3n) is 3.69. The first kappa shape index (κ1) is 16.7. The lowest BCUT2D eigenvalue weighted by molar-refractivity contribution is 0.0463. The number of benzene rings is 1. The Morgan fingerprint density at radius 1 is 1.32 bits per heavy atom. The summed E-state index contributed by atoms with van der Waals surface area (Å²) in [6.07, 6.45) is 1.35. The van der Waals surface area contributed by atoms with Crippen molar-refractivity contribution in [2.45, 2.75) is 64.3 Å². The van der Waals surface area contributed by atoms with Crippen LogP contribution in [0.15, 0.2) is 24.3 Å². The van der Waals surface area contributed by atoms with Crippen molar-refractivity contribution in [1.29, 1.82) is 0 Å². The van der Waals surface area contributed by atoms with Gasteiger partial charge in [-0.3, -0.25) is 0 Å². The van der Waals surface area contributed by atoms with Crippen molar-refractivity contribution in [3.63, 3.8) is 0 Å². The predicted octanol–water partition coefficient (Wildman–Crippen LogP) is 3.53. The van der Waals surface area contributed by atoms with E-state index in [-0.39, 0.29) is 24.0 Å². The molecule has 1 saturated carbocycles. The first-order chi connectivity index (χ1) is 10.2. The fourth-order valence-electron chi connectivity index (χ4n) is 2.57. The summed E-state index contributed by atoms with van der Waals surface area (Å²) >= 11 is 0. The molecule has 1 aliphatic rings. The fourth-order valence-corrected chi connectivity index (χ4v) is 2.57. The molecule has 22 heavy (non-hydrogen) atoms. The van der Waals surface area contributed by atoms with Gasteiger partial charge in [0.05, 0.1) is 0 Å². The minimum atomic E-state index is -0.475. The van der Waals surface area contributed by atoms with Gasteiger partial charge in [0.1, 0.15) is 11.4 Å². The number of alkyl carbamates (subject to hydrolysis) is 1. The molecular weight excluding hydrogens is 283 g/mol. The average Bonchev–Trinajstić information content (AvgIpc) is 2.33. The number of nitrogens with one attached hydrogen (secondary N) is 2. The third kappa shape index (κ3) is 4.98. The van der Waals surface area contributed by atoms with E-state index < -0.39 is 5.60 Å². The second-order valence-corrected chi connectivity index (χ2v) is 6.95. The number of hydrogen-bond donors (Lipinski definition) is 2. The summed E-state index contributed by atoms with van der Waals surface area (Å²) in [6, 6.07) is 7.19. The molecule has 0 heterocycles. The molecule has 1 fully saturated rings. The first-order valence-electron chi connectivity index (χ1n) is 7.74. The normalized spacial score (nSPS) is 22.6. The van der Waals surface area contributed by atoms with Crippen LogP contribution in [0.5, 0.6) is 0 Å². The van der Waals surface area contributed by atoms with Gasteiger partial charge in [-0.1, -0.05) is 12.1 Å². The zero-order valence-electron chi connectivity index (χ0n) is 13.7. The van der Waals surface area contributed by atoms with Crippen molar-refractivity contribution in [2.75, 3.05) is 0 Å². The quantitative estimate of drug-likeness (QED) is 0.894. The molecular formula is C17H25FN2O2. The zero-order chi connectivity index (χ0) is 16.3. The largest absolute Gasteiger partial charge is 0.444 e. The smallest absolute Gasteiger partial charge is 0.407 e. The number of carbonyl (C=O) groups is 1. The molecule has 0 aromatic heterocycles. The van der Waals surface area contributed by atoms with Gasteiger partial charge in [-0.15, -0.1) is 0 Å². The van der Waals surface area contributed by atoms with E-state index in [1.165, 1.54) is 6.07 Å². The highest BCUT2D eigenvalue weighted by molar-refractivity contribution is 5.68. The zero-order valence-corrected chi connectivity index (χ0v) is 13.7. The summed E-state index contributed by atoms with van der Waals surface area (Å²) in [5.41, 5.74) is 0.459. The molecule has 1 aromatic carbocycles. The molecule has 1 aromatic rings. The summed E-state index contributed by atoms with van der Waals surface area (Å²) in [5, 5.41) is 6.32. The van der Waals surface area contributed by atoms with E-state index in [0.29, 0.717) is 6.04 Å². The van der Waals surface area contributed by atoms with Crippen molar-refractivity contribution >= 4 is 6.09 Å². The van der Waals surface area contributed by atoms with Gasteiger partial charge in [0.15, 0.2) is 0 Å². The van der Waals surface area contributed by atoms with Gasteiger partial charge in [0.2, 0.25) is 0 Å². The average molecular weight is 308 g/mol. The number of rotatable bonds is 4. The Hall–Kier alpha value is -1.62. The molecule has 2 rings (SSSR count). The second-order valence-electron chi connectivity index (χ2n) is 6.95. The summed E-state index contributed by atoms with van der Waals surface area (Å²) in [5.74, 6) is -0.218. The van der Waals surface area contributed by atoms with Gasteiger partial charge in [-0.05, 0) is 58.2 Å². The van der Waals surface area contributed by atoms with Crippen LogP contribution in [0.2, 0.25) is 0 Å². The molecule has 0 spiro atoms. The van der Waals surface area contributed by atoms with Crippen LogP contribution in [0.3, 0.4) is 0 Å². The highest BCUT2D eigenvalue weighted by atomic mass is 19.1. The third-order valence-corrected chi connectivity index (χ3v) is 3.69. The van der Waals surface area contributed by atoms with E-state index >= 15 is 0 Å². The van der Waals surface area contributed by atoms with Crippen LogP contribution in [0.1, 0.15) is 52.1 Å². The standard InChI is InChI=1S/C17H25FN2O2/c1-11(12-6-5-7-13(18)8-12)19-14-9-15(10-14)20-16(21)22-17(2,3)4/h5-8,11,14-15,19H,9-10H2,1-4H3,(H,20,21)/t11-,14?,15?/m0/s1. The van der Waals surface area contributed by atoms with Gasteiger partial charge in [0, 0.05) is 18.1 Å². The van der Waals surface area contributed by atoms with Crippen molar-refractivity contribution in [3.8, 4) is 0 Å². The van der Waals surface area contributed by atoms with Crippen LogP contribution < -0.4 is 10.6 Å². The molecule has 5 heteroatoms. The minimum absolute atomic E-state index is 0.0863. The van der Waals surface area contributed by atoms with Gasteiger partial charge in [-0.25, -0.2) is 9.18 Å². The minimum Gasteiger partial charge on any atom is -0.444 e. The predicted molar refractivity (Wildman–Crippen MR) is 84.1 cm³/mol. The van der Waals surface area contributed by atoms with Crippen LogP contribution in [-0.4, -0.2) is 23.8 Å². The Kier molecular flexibility index (Phi) is 5.06. The molecule has 1 atom stereocenters. The maximum absolute atomic E-state index is 13.2. The monoisotopic (exact) mass is 308 g/mol. The van der Waals surface area contributed by atoms with E-state index in [9.17, 15) is 9.18 Å². The van der Waals surface area contributed by atoms with Crippen LogP contribution in [-0.2, 0) is 4.74 Å². The molecule has 122 valence electrons. The lowest BCUT2D eigenvalue weighted by Crippen LogP contribution is -2.53. The topological polar surface area (TPSA) is 50.4 Å². The van der Waals surface area contributed by atoms with E-state index in [2.05, 4.69) is 10.6 Å². The highest BCUT2D eigenvalue weighted by Gasteiger charge is 2.32. The van der Waals surface area contributed by atoms with Crippen LogP contribution in [0.25, 0.3) is 0 Å². The molecule has 1 amide bonds. The Morgan fingerprint density at radius 3 is 2.59 bits per heavy atom. The number of amides is 1.